The zero-order valence-corrected chi connectivity index (χ0v) is 13.8. The normalized spacial score (nSPS) is 18.7. The summed E-state index contributed by atoms with van der Waals surface area (Å²) in [5, 5.41) is 12.3. The molecule has 1 atom stereocenters. The lowest BCUT2D eigenvalue weighted by atomic mass is 10.2. The van der Waals surface area contributed by atoms with Crippen LogP contribution < -0.4 is 10.6 Å². The molecular formula is C12H17ClN6O2S. The lowest BCUT2D eigenvalue weighted by molar-refractivity contribution is -0.114. The minimum absolute atomic E-state index is 0. The zero-order chi connectivity index (χ0) is 14.8. The van der Waals surface area contributed by atoms with Gasteiger partial charge in [-0.3, -0.25) is 9.69 Å². The lowest BCUT2D eigenvalue weighted by Crippen LogP contribution is -2.44. The van der Waals surface area contributed by atoms with Gasteiger partial charge in [-0.15, -0.1) is 23.7 Å². The van der Waals surface area contributed by atoms with E-state index in [0.717, 1.165) is 19.6 Å². The molecule has 2 aromatic rings. The van der Waals surface area contributed by atoms with Gasteiger partial charge in [0.1, 0.15) is 5.69 Å². The molecule has 1 amide bonds. The van der Waals surface area contributed by atoms with E-state index in [-0.39, 0.29) is 24.4 Å². The SMILES string of the molecule is CC(=O)Nc1nc(-c2nc(C3CNCCN3C)no2)cs1.Cl. The Morgan fingerprint density at radius 2 is 2.36 bits per heavy atom. The number of carbonyl (C=O) groups is 1. The fourth-order valence-electron chi connectivity index (χ4n) is 2.15. The molecule has 22 heavy (non-hydrogen) atoms. The molecule has 1 aliphatic rings. The number of thiazole rings is 1. The van der Waals surface area contributed by atoms with Crippen LogP contribution in [-0.4, -0.2) is 52.6 Å². The minimum Gasteiger partial charge on any atom is -0.332 e. The van der Waals surface area contributed by atoms with E-state index >= 15 is 0 Å². The van der Waals surface area contributed by atoms with Gasteiger partial charge in [0.05, 0.1) is 6.04 Å². The molecule has 3 heterocycles. The molecule has 2 aromatic heterocycles. The summed E-state index contributed by atoms with van der Waals surface area (Å²) < 4.78 is 5.29. The predicted octanol–water partition coefficient (Wildman–Crippen LogP) is 1.15. The third-order valence-electron chi connectivity index (χ3n) is 3.26. The van der Waals surface area contributed by atoms with E-state index in [2.05, 4.69) is 30.7 Å². The molecule has 120 valence electrons. The van der Waals surface area contributed by atoms with Crippen LogP contribution in [0.5, 0.6) is 0 Å². The predicted molar refractivity (Wildman–Crippen MR) is 85.2 cm³/mol. The average molecular weight is 345 g/mol. The number of piperazine rings is 1. The Hall–Kier alpha value is -1.55. The van der Waals surface area contributed by atoms with E-state index in [1.807, 2.05) is 7.05 Å². The number of nitrogens with zero attached hydrogens (tertiary/aromatic N) is 4. The number of halogens is 1. The molecule has 0 aliphatic carbocycles. The van der Waals surface area contributed by atoms with Crippen molar-refractivity contribution < 1.29 is 9.32 Å². The Kier molecular flexibility index (Phi) is 5.46. The number of aromatic nitrogens is 3. The van der Waals surface area contributed by atoms with Crippen LogP contribution in [0.15, 0.2) is 9.90 Å². The van der Waals surface area contributed by atoms with Gasteiger partial charge in [0.2, 0.25) is 5.91 Å². The second kappa shape index (κ2) is 7.14. The maximum Gasteiger partial charge on any atom is 0.277 e. The van der Waals surface area contributed by atoms with E-state index in [0.29, 0.717) is 22.5 Å². The highest BCUT2D eigenvalue weighted by Crippen LogP contribution is 2.25. The molecule has 8 nitrogen and oxygen atoms in total. The molecule has 10 heteroatoms. The second-order valence-electron chi connectivity index (χ2n) is 4.88. The summed E-state index contributed by atoms with van der Waals surface area (Å²) in [4.78, 5) is 21.9. The van der Waals surface area contributed by atoms with Crippen LogP contribution in [0, 0.1) is 0 Å². The first-order chi connectivity index (χ1) is 10.1. The first-order valence-electron chi connectivity index (χ1n) is 6.61. The van der Waals surface area contributed by atoms with E-state index in [1.165, 1.54) is 18.3 Å². The maximum absolute atomic E-state index is 11.0. The van der Waals surface area contributed by atoms with Crippen molar-refractivity contribution in [3.05, 3.63) is 11.2 Å². The van der Waals surface area contributed by atoms with Crippen LogP contribution in [-0.2, 0) is 4.79 Å². The molecule has 1 saturated heterocycles. The van der Waals surface area contributed by atoms with Crippen LogP contribution in [0.25, 0.3) is 11.6 Å². The van der Waals surface area contributed by atoms with Gasteiger partial charge in [0.15, 0.2) is 11.0 Å². The molecule has 0 bridgehead atoms. The summed E-state index contributed by atoms with van der Waals surface area (Å²) in [6.45, 7) is 4.14. The molecule has 3 rings (SSSR count). The van der Waals surface area contributed by atoms with Gasteiger partial charge in [0, 0.05) is 31.9 Å². The van der Waals surface area contributed by atoms with Gasteiger partial charge in [-0.25, -0.2) is 4.98 Å². The van der Waals surface area contributed by atoms with Crippen LogP contribution in [0.4, 0.5) is 5.13 Å². The summed E-state index contributed by atoms with van der Waals surface area (Å²) >= 11 is 1.32. The summed E-state index contributed by atoms with van der Waals surface area (Å²) in [5.74, 6) is 0.864. The monoisotopic (exact) mass is 344 g/mol. The number of likely N-dealkylation sites (N-methyl/N-ethyl adjacent to an activating group) is 1. The number of anilines is 1. The topological polar surface area (TPSA) is 96.2 Å². The van der Waals surface area contributed by atoms with Gasteiger partial charge in [-0.1, -0.05) is 5.16 Å². The number of hydrogen-bond donors (Lipinski definition) is 2. The molecular weight excluding hydrogens is 328 g/mol. The Balaban J connectivity index is 0.00000176. The van der Waals surface area contributed by atoms with Gasteiger partial charge in [0.25, 0.3) is 5.89 Å². The van der Waals surface area contributed by atoms with Crippen molar-refractivity contribution in [1.29, 1.82) is 0 Å². The average Bonchev–Trinajstić information content (AvgIpc) is 3.07. The van der Waals surface area contributed by atoms with E-state index in [1.54, 1.807) is 5.38 Å². The quantitative estimate of drug-likeness (QED) is 0.862. The zero-order valence-electron chi connectivity index (χ0n) is 12.2. The van der Waals surface area contributed by atoms with Crippen LogP contribution in [0.3, 0.4) is 0 Å². The lowest BCUT2D eigenvalue weighted by Gasteiger charge is -2.30. The number of nitrogens with one attached hydrogen (secondary N) is 2. The van der Waals surface area contributed by atoms with Crippen molar-refractivity contribution in [2.24, 2.45) is 0 Å². The summed E-state index contributed by atoms with van der Waals surface area (Å²) in [6, 6.07) is 0.102. The number of rotatable bonds is 3. The van der Waals surface area contributed by atoms with Crippen molar-refractivity contribution in [2.75, 3.05) is 32.0 Å². The standard InChI is InChI=1S/C12H16N6O2S.ClH/c1-7(19)14-12-15-8(6-21-12)11-16-10(17-20-11)9-5-13-3-4-18(9)2;/h6,9,13H,3-5H2,1-2H3,(H,14,15,19);1H. The van der Waals surface area contributed by atoms with E-state index in [4.69, 9.17) is 4.52 Å². The smallest absolute Gasteiger partial charge is 0.277 e. The first-order valence-corrected chi connectivity index (χ1v) is 7.49. The molecule has 2 N–H and O–H groups in total. The molecule has 1 fully saturated rings. The van der Waals surface area contributed by atoms with Crippen molar-refractivity contribution in [3.63, 3.8) is 0 Å². The Bertz CT molecular complexity index is 645. The fraction of sp³-hybridized carbons (Fsp3) is 0.500. The van der Waals surface area contributed by atoms with Crippen molar-refractivity contribution in [3.8, 4) is 11.6 Å². The largest absolute Gasteiger partial charge is 0.332 e. The summed E-state index contributed by atoms with van der Waals surface area (Å²) in [5.41, 5.74) is 0.578. The van der Waals surface area contributed by atoms with Gasteiger partial charge >= 0.3 is 0 Å². The van der Waals surface area contributed by atoms with Crippen LogP contribution >= 0.6 is 23.7 Å². The van der Waals surface area contributed by atoms with Gasteiger partial charge in [-0.2, -0.15) is 4.98 Å². The van der Waals surface area contributed by atoms with Crippen molar-refractivity contribution >= 4 is 34.8 Å². The number of amides is 1. The number of hydrogen-bond acceptors (Lipinski definition) is 8. The Morgan fingerprint density at radius 3 is 3.09 bits per heavy atom. The number of carbonyl (C=O) groups excluding carboxylic acids is 1. The molecule has 0 radical (unpaired) electrons. The van der Waals surface area contributed by atoms with Crippen molar-refractivity contribution in [1.82, 2.24) is 25.3 Å². The highest BCUT2D eigenvalue weighted by Gasteiger charge is 2.26. The third kappa shape index (κ3) is 3.61. The van der Waals surface area contributed by atoms with Crippen LogP contribution in [0.2, 0.25) is 0 Å². The summed E-state index contributed by atoms with van der Waals surface area (Å²) in [7, 11) is 2.04. The molecule has 0 aromatic carbocycles. The van der Waals surface area contributed by atoms with E-state index < -0.39 is 0 Å². The van der Waals surface area contributed by atoms with Gasteiger partial charge in [-0.05, 0) is 7.05 Å². The highest BCUT2D eigenvalue weighted by atomic mass is 35.5. The third-order valence-corrected chi connectivity index (χ3v) is 4.01. The van der Waals surface area contributed by atoms with E-state index in [9.17, 15) is 4.79 Å². The molecule has 1 aliphatic heterocycles. The maximum atomic E-state index is 11.0. The second-order valence-corrected chi connectivity index (χ2v) is 5.74. The molecule has 1 unspecified atom stereocenters. The minimum atomic E-state index is -0.156. The first kappa shape index (κ1) is 16.8. The Labute approximate surface area is 137 Å². The van der Waals surface area contributed by atoms with Crippen LogP contribution in [0.1, 0.15) is 18.8 Å². The Morgan fingerprint density at radius 1 is 1.55 bits per heavy atom. The summed E-state index contributed by atoms with van der Waals surface area (Å²) in [6.07, 6.45) is 0. The van der Waals surface area contributed by atoms with Crippen molar-refractivity contribution in [2.45, 2.75) is 13.0 Å². The fourth-order valence-corrected chi connectivity index (χ4v) is 2.88. The molecule has 0 saturated carbocycles. The van der Waals surface area contributed by atoms with Gasteiger partial charge < -0.3 is 15.2 Å². The molecule has 0 spiro atoms. The highest BCUT2D eigenvalue weighted by molar-refractivity contribution is 7.14.